The second-order valence-electron chi connectivity index (χ2n) is 10.6. The van der Waals surface area contributed by atoms with Crippen molar-refractivity contribution in [3.63, 3.8) is 0 Å². The molecule has 2 amide bonds. The largest absolute Gasteiger partial charge is 0.401 e. The molecule has 5 N–H and O–H groups in total. The van der Waals surface area contributed by atoms with E-state index in [9.17, 15) is 9.59 Å². The van der Waals surface area contributed by atoms with Gasteiger partial charge in [-0.3, -0.25) is 14.5 Å². The lowest BCUT2D eigenvalue weighted by Gasteiger charge is -2.32. The van der Waals surface area contributed by atoms with Crippen LogP contribution in [0.3, 0.4) is 0 Å². The van der Waals surface area contributed by atoms with E-state index in [-0.39, 0.29) is 17.9 Å². The van der Waals surface area contributed by atoms with Crippen LogP contribution in [-0.4, -0.2) is 59.0 Å². The summed E-state index contributed by atoms with van der Waals surface area (Å²) in [6.45, 7) is 9.53. The normalized spacial score (nSPS) is 20.2. The highest BCUT2D eigenvalue weighted by Crippen LogP contribution is 2.32. The van der Waals surface area contributed by atoms with Crippen molar-refractivity contribution < 1.29 is 14.3 Å². The third kappa shape index (κ3) is 6.50. The fourth-order valence-electron chi connectivity index (χ4n) is 5.60. The third-order valence-corrected chi connectivity index (χ3v) is 7.73. The van der Waals surface area contributed by atoms with Gasteiger partial charge >= 0.3 is 0 Å². The highest BCUT2D eigenvalue weighted by molar-refractivity contribution is 5.99. The molecular formula is C30H38N6O3. The number of carbonyl (C=O) groups excluding carboxylic acids is 2. The van der Waals surface area contributed by atoms with Crippen molar-refractivity contribution in [3.8, 4) is 0 Å². The minimum Gasteiger partial charge on any atom is -0.401 e. The highest BCUT2D eigenvalue weighted by atomic mass is 16.5. The van der Waals surface area contributed by atoms with Gasteiger partial charge in [-0.25, -0.2) is 5.84 Å². The number of hydrogen-bond acceptors (Lipinski definition) is 7. The Hall–Kier alpha value is -3.66. The van der Waals surface area contributed by atoms with Crippen molar-refractivity contribution >= 4 is 11.8 Å². The van der Waals surface area contributed by atoms with E-state index in [1.807, 2.05) is 17.0 Å². The zero-order valence-corrected chi connectivity index (χ0v) is 22.4. The molecule has 1 unspecified atom stereocenters. The Labute approximate surface area is 230 Å². The average molecular weight is 531 g/mol. The summed E-state index contributed by atoms with van der Waals surface area (Å²) < 4.78 is 5.43. The topological polar surface area (TPSA) is 117 Å². The highest BCUT2D eigenvalue weighted by Gasteiger charge is 2.37. The number of hydrazine groups is 1. The molecule has 3 aliphatic heterocycles. The van der Waals surface area contributed by atoms with Gasteiger partial charge in [0.15, 0.2) is 0 Å². The Morgan fingerprint density at radius 2 is 1.87 bits per heavy atom. The Bertz CT molecular complexity index is 1250. The molecule has 0 bridgehead atoms. The second-order valence-corrected chi connectivity index (χ2v) is 10.6. The maximum Gasteiger partial charge on any atom is 0.255 e. The molecule has 1 atom stereocenters. The first-order chi connectivity index (χ1) is 18.9. The van der Waals surface area contributed by atoms with E-state index in [1.165, 1.54) is 5.56 Å². The zero-order valence-electron chi connectivity index (χ0n) is 22.4. The van der Waals surface area contributed by atoms with Crippen LogP contribution in [0.25, 0.3) is 0 Å². The quantitative estimate of drug-likeness (QED) is 0.337. The van der Waals surface area contributed by atoms with Gasteiger partial charge in [0.2, 0.25) is 5.91 Å². The molecule has 5 rings (SSSR count). The molecule has 2 aromatic rings. The molecule has 3 aliphatic rings. The predicted molar refractivity (Wildman–Crippen MR) is 149 cm³/mol. The average Bonchev–Trinajstić information content (AvgIpc) is 3.26. The predicted octanol–water partition coefficient (Wildman–Crippen LogP) is 2.38. The molecule has 3 heterocycles. The number of nitrogens with zero attached hydrogens (tertiary/aromatic N) is 3. The molecule has 9 heteroatoms. The Kier molecular flexibility index (Phi) is 8.30. The summed E-state index contributed by atoms with van der Waals surface area (Å²) in [5, 5.41) is 4.41. The summed E-state index contributed by atoms with van der Waals surface area (Å²) >= 11 is 0. The molecule has 39 heavy (non-hydrogen) atoms. The lowest BCUT2D eigenvalue weighted by molar-refractivity contribution is -0.121. The number of carbonyl (C=O) groups is 2. The van der Waals surface area contributed by atoms with Crippen LogP contribution in [0.2, 0.25) is 0 Å². The maximum atomic E-state index is 13.2. The number of rotatable bonds is 9. The molecule has 2 aromatic carbocycles. The maximum absolute atomic E-state index is 13.2. The molecule has 0 aromatic heterocycles. The first-order valence-electron chi connectivity index (χ1n) is 13.6. The number of morpholine rings is 1. The van der Waals surface area contributed by atoms with Crippen LogP contribution in [0.15, 0.2) is 66.6 Å². The number of amides is 2. The van der Waals surface area contributed by atoms with Gasteiger partial charge in [0, 0.05) is 55.8 Å². The number of ether oxygens (including phenoxy) is 1. The number of allylic oxidation sites excluding steroid dienone is 1. The van der Waals surface area contributed by atoms with Crippen LogP contribution in [0.5, 0.6) is 0 Å². The monoisotopic (exact) mass is 530 g/mol. The van der Waals surface area contributed by atoms with Crippen molar-refractivity contribution in [1.29, 1.82) is 0 Å². The molecule has 0 saturated carbocycles. The van der Waals surface area contributed by atoms with E-state index in [0.717, 1.165) is 55.1 Å². The van der Waals surface area contributed by atoms with Crippen LogP contribution >= 0.6 is 0 Å². The van der Waals surface area contributed by atoms with Crippen LogP contribution in [0.1, 0.15) is 51.9 Å². The Morgan fingerprint density at radius 3 is 2.62 bits per heavy atom. The number of nitrogens with one attached hydrogen (secondary N) is 1. The van der Waals surface area contributed by atoms with Gasteiger partial charge in [-0.1, -0.05) is 43.0 Å². The minimum absolute atomic E-state index is 0.0123. The van der Waals surface area contributed by atoms with Crippen LogP contribution in [0, 0.1) is 0 Å². The number of fused-ring (bicyclic) bond motifs is 1. The number of benzene rings is 2. The van der Waals surface area contributed by atoms with Crippen molar-refractivity contribution in [3.05, 3.63) is 94.5 Å². The third-order valence-electron chi connectivity index (χ3n) is 7.73. The van der Waals surface area contributed by atoms with Gasteiger partial charge in [-0.05, 0) is 47.6 Å². The summed E-state index contributed by atoms with van der Waals surface area (Å²) in [6.07, 6.45) is 4.11. The first-order valence-corrected chi connectivity index (χ1v) is 13.6. The van der Waals surface area contributed by atoms with Gasteiger partial charge in [0.1, 0.15) is 0 Å². The number of nitrogens with two attached hydrogens (primary N) is 2. The minimum atomic E-state index is -0.181. The van der Waals surface area contributed by atoms with E-state index < -0.39 is 0 Å². The van der Waals surface area contributed by atoms with Gasteiger partial charge < -0.3 is 25.7 Å². The molecule has 206 valence electrons. The lowest BCUT2D eigenvalue weighted by atomic mass is 9.99. The van der Waals surface area contributed by atoms with Crippen LogP contribution < -0.4 is 16.9 Å². The van der Waals surface area contributed by atoms with Crippen molar-refractivity contribution in [2.75, 3.05) is 26.3 Å². The van der Waals surface area contributed by atoms with Gasteiger partial charge in [0.25, 0.3) is 5.91 Å². The molecule has 0 radical (unpaired) electrons. The Balaban J connectivity index is 1.15. The second kappa shape index (κ2) is 12.0. The number of piperidine rings is 1. The van der Waals surface area contributed by atoms with E-state index in [0.29, 0.717) is 50.2 Å². The molecular weight excluding hydrogens is 492 g/mol. The lowest BCUT2D eigenvalue weighted by Crippen LogP contribution is -2.45. The smallest absolute Gasteiger partial charge is 0.255 e. The van der Waals surface area contributed by atoms with Crippen molar-refractivity contribution in [2.24, 2.45) is 11.6 Å². The summed E-state index contributed by atoms with van der Waals surface area (Å²) in [5.74, 6) is 6.20. The summed E-state index contributed by atoms with van der Waals surface area (Å²) in [4.78, 5) is 29.1. The van der Waals surface area contributed by atoms with Gasteiger partial charge in [-0.15, -0.1) is 0 Å². The molecule has 9 nitrogen and oxygen atoms in total. The molecule has 0 spiro atoms. The van der Waals surface area contributed by atoms with E-state index >= 15 is 0 Å². The van der Waals surface area contributed by atoms with E-state index in [2.05, 4.69) is 47.1 Å². The number of aryl methyl sites for hydroxylation is 1. The summed E-state index contributed by atoms with van der Waals surface area (Å²) in [5.41, 5.74) is 12.9. The van der Waals surface area contributed by atoms with E-state index in [4.69, 9.17) is 16.3 Å². The summed E-state index contributed by atoms with van der Waals surface area (Å²) in [7, 11) is 0. The Morgan fingerprint density at radius 1 is 1.13 bits per heavy atom. The zero-order chi connectivity index (χ0) is 27.4. The van der Waals surface area contributed by atoms with Crippen molar-refractivity contribution in [1.82, 2.24) is 20.1 Å². The van der Waals surface area contributed by atoms with Crippen LogP contribution in [0.4, 0.5) is 0 Å². The SMILES string of the molecule is C=C1NC(=O)CCC1N1Cc2c(CC/C(N)=C/N(N)Cc3ccc(CN4CCOCC4)cc3)cccc2C1=O. The summed E-state index contributed by atoms with van der Waals surface area (Å²) in [6, 6.07) is 14.2. The molecule has 2 fully saturated rings. The van der Waals surface area contributed by atoms with Crippen molar-refractivity contribution in [2.45, 2.75) is 51.4 Å². The van der Waals surface area contributed by atoms with Gasteiger partial charge in [0.05, 0.1) is 25.8 Å². The van der Waals surface area contributed by atoms with E-state index in [1.54, 1.807) is 11.2 Å². The number of hydrogen-bond donors (Lipinski definition) is 3. The van der Waals surface area contributed by atoms with Gasteiger partial charge in [-0.2, -0.15) is 0 Å². The molecule has 0 aliphatic carbocycles. The fourth-order valence-corrected chi connectivity index (χ4v) is 5.60. The standard InChI is InChI=1S/C30H38N6O3/c1-21-28(11-12-29(37)33-21)36-20-27-24(3-2-4-26(27)30(36)38)9-10-25(31)19-35(32)18-23-7-5-22(6-8-23)17-34-13-15-39-16-14-34/h2-8,19,28H,1,9-18,20,31-32H2,(H,33,37)/b25-19-. The first kappa shape index (κ1) is 26.9. The molecule has 2 saturated heterocycles. The fraction of sp³-hybridized carbons (Fsp3) is 0.400. The van der Waals surface area contributed by atoms with Crippen LogP contribution in [-0.2, 0) is 35.6 Å².